The van der Waals surface area contributed by atoms with Gasteiger partial charge in [-0.15, -0.1) is 0 Å². The molecule has 0 spiro atoms. The van der Waals surface area contributed by atoms with E-state index in [1.165, 1.54) is 18.7 Å². The summed E-state index contributed by atoms with van der Waals surface area (Å²) in [4.78, 5) is 28.5. The average Bonchev–Trinajstić information content (AvgIpc) is 3.13. The third kappa shape index (κ3) is 5.72. The predicted octanol–water partition coefficient (Wildman–Crippen LogP) is 6.17. The van der Waals surface area contributed by atoms with Gasteiger partial charge in [-0.2, -0.15) is 0 Å². The number of carbonyl (C=O) groups excluding carboxylic acids is 1. The molecule has 2 atom stereocenters. The quantitative estimate of drug-likeness (QED) is 0.279. The molecule has 7 heteroatoms. The van der Waals surface area contributed by atoms with E-state index in [0.717, 1.165) is 33.3 Å². The minimum Gasteiger partial charge on any atom is -0.479 e. The SMILES string of the molecule is Cc1c(C)n(Cc2cncc(OC(C)C(=O)O)c2)c2ccc(C(=O)N[C@@H](C)c3cccc(C(C)C)c3)cc12. The molecular formula is C31H35N3O4. The van der Waals surface area contributed by atoms with Gasteiger partial charge in [-0.25, -0.2) is 4.79 Å². The second kappa shape index (κ2) is 11.1. The summed E-state index contributed by atoms with van der Waals surface area (Å²) in [5, 5.41) is 13.3. The molecule has 4 rings (SSSR count). The lowest BCUT2D eigenvalue weighted by Gasteiger charge is -2.16. The summed E-state index contributed by atoms with van der Waals surface area (Å²) in [5.41, 5.74) is 7.04. The first kappa shape index (κ1) is 26.9. The molecule has 1 unspecified atom stereocenters. The van der Waals surface area contributed by atoms with Crippen molar-refractivity contribution in [3.05, 3.63) is 94.4 Å². The number of carboxylic acids is 1. The van der Waals surface area contributed by atoms with Gasteiger partial charge in [0.1, 0.15) is 5.75 Å². The second-order valence-corrected chi connectivity index (χ2v) is 10.2. The molecule has 2 aromatic carbocycles. The molecule has 198 valence electrons. The second-order valence-electron chi connectivity index (χ2n) is 10.2. The number of fused-ring (bicyclic) bond motifs is 1. The number of benzene rings is 2. The van der Waals surface area contributed by atoms with E-state index in [0.29, 0.717) is 23.8 Å². The van der Waals surface area contributed by atoms with Gasteiger partial charge in [-0.1, -0.05) is 38.1 Å². The van der Waals surface area contributed by atoms with Crippen molar-refractivity contribution >= 4 is 22.8 Å². The van der Waals surface area contributed by atoms with Crippen LogP contribution in [0.5, 0.6) is 5.75 Å². The third-order valence-electron chi connectivity index (χ3n) is 7.10. The van der Waals surface area contributed by atoms with Crippen molar-refractivity contribution in [3.63, 3.8) is 0 Å². The summed E-state index contributed by atoms with van der Waals surface area (Å²) in [7, 11) is 0. The zero-order chi connectivity index (χ0) is 27.6. The van der Waals surface area contributed by atoms with Crippen LogP contribution in [0.25, 0.3) is 10.9 Å². The number of aliphatic carboxylic acids is 1. The molecule has 0 aliphatic heterocycles. The Morgan fingerprint density at radius 1 is 1.00 bits per heavy atom. The van der Waals surface area contributed by atoms with Crippen LogP contribution in [0.1, 0.15) is 78.0 Å². The summed E-state index contributed by atoms with van der Waals surface area (Å²) < 4.78 is 7.66. The molecule has 7 nitrogen and oxygen atoms in total. The molecule has 0 aliphatic rings. The maximum atomic E-state index is 13.2. The maximum absolute atomic E-state index is 13.2. The first-order valence-electron chi connectivity index (χ1n) is 12.9. The zero-order valence-electron chi connectivity index (χ0n) is 22.8. The summed E-state index contributed by atoms with van der Waals surface area (Å²) in [6.07, 6.45) is 2.30. The van der Waals surface area contributed by atoms with Gasteiger partial charge in [-0.05, 0) is 80.1 Å². The van der Waals surface area contributed by atoms with E-state index < -0.39 is 12.1 Å². The summed E-state index contributed by atoms with van der Waals surface area (Å²) in [6, 6.07) is 15.8. The highest BCUT2D eigenvalue weighted by molar-refractivity contribution is 5.99. The number of nitrogens with one attached hydrogen (secondary N) is 1. The van der Waals surface area contributed by atoms with Gasteiger partial charge in [0.05, 0.1) is 12.2 Å². The first-order valence-corrected chi connectivity index (χ1v) is 12.9. The summed E-state index contributed by atoms with van der Waals surface area (Å²) in [6.45, 7) is 12.5. The van der Waals surface area contributed by atoms with Crippen LogP contribution in [0.2, 0.25) is 0 Å². The smallest absolute Gasteiger partial charge is 0.344 e. The van der Waals surface area contributed by atoms with Gasteiger partial charge >= 0.3 is 5.97 Å². The molecule has 0 aliphatic carbocycles. The number of ether oxygens (including phenoxy) is 1. The number of carbonyl (C=O) groups is 2. The lowest BCUT2D eigenvalue weighted by Crippen LogP contribution is -2.26. The van der Waals surface area contributed by atoms with Crippen molar-refractivity contribution in [2.45, 2.75) is 66.2 Å². The van der Waals surface area contributed by atoms with Crippen LogP contribution in [0, 0.1) is 13.8 Å². The third-order valence-corrected chi connectivity index (χ3v) is 7.10. The summed E-state index contributed by atoms with van der Waals surface area (Å²) in [5.74, 6) is -0.304. The Bertz CT molecular complexity index is 1490. The van der Waals surface area contributed by atoms with E-state index in [2.05, 4.69) is 54.7 Å². The number of hydrogen-bond acceptors (Lipinski definition) is 4. The normalized spacial score (nSPS) is 12.9. The highest BCUT2D eigenvalue weighted by atomic mass is 16.5. The van der Waals surface area contributed by atoms with Crippen LogP contribution in [-0.4, -0.2) is 32.6 Å². The van der Waals surface area contributed by atoms with E-state index in [1.54, 1.807) is 6.20 Å². The molecule has 0 fully saturated rings. The molecule has 0 radical (unpaired) electrons. The largest absolute Gasteiger partial charge is 0.479 e. The molecule has 1 amide bonds. The van der Waals surface area contributed by atoms with Crippen LogP contribution in [0.3, 0.4) is 0 Å². The van der Waals surface area contributed by atoms with Crippen molar-refractivity contribution in [1.82, 2.24) is 14.9 Å². The van der Waals surface area contributed by atoms with Gasteiger partial charge in [0.25, 0.3) is 5.91 Å². The van der Waals surface area contributed by atoms with Crippen molar-refractivity contribution in [2.75, 3.05) is 0 Å². The van der Waals surface area contributed by atoms with Gasteiger partial charge in [0, 0.05) is 34.9 Å². The van der Waals surface area contributed by atoms with Gasteiger partial charge < -0.3 is 19.7 Å². The summed E-state index contributed by atoms with van der Waals surface area (Å²) >= 11 is 0. The molecule has 0 saturated carbocycles. The van der Waals surface area contributed by atoms with Crippen molar-refractivity contribution in [2.24, 2.45) is 0 Å². The lowest BCUT2D eigenvalue weighted by atomic mass is 9.98. The predicted molar refractivity (Wildman–Crippen MR) is 149 cm³/mol. The number of aromatic nitrogens is 2. The molecule has 2 aromatic heterocycles. The molecule has 2 heterocycles. The van der Waals surface area contributed by atoms with Crippen LogP contribution in [0.4, 0.5) is 0 Å². The van der Waals surface area contributed by atoms with Crippen LogP contribution < -0.4 is 10.1 Å². The first-order chi connectivity index (χ1) is 18.0. The minimum atomic E-state index is -1.03. The fraction of sp³-hybridized carbons (Fsp3) is 0.323. The molecule has 4 aromatic rings. The van der Waals surface area contributed by atoms with Gasteiger partial charge in [0.2, 0.25) is 0 Å². The standard InChI is InChI=1S/C31H35N3O4/c1-18(2)24-8-7-9-25(13-24)20(4)33-30(35)26-10-11-29-28(14-26)19(3)21(5)34(29)17-23-12-27(16-32-15-23)38-22(6)31(36)37/h7-16,18,20,22H,17H2,1-6H3,(H,33,35)(H,36,37)/t20-,22?/m0/s1. The van der Waals surface area contributed by atoms with Crippen LogP contribution >= 0.6 is 0 Å². The van der Waals surface area contributed by atoms with Gasteiger partial charge in [-0.3, -0.25) is 9.78 Å². The Morgan fingerprint density at radius 2 is 1.74 bits per heavy atom. The molecular weight excluding hydrogens is 478 g/mol. The number of amides is 1. The van der Waals surface area contributed by atoms with E-state index >= 15 is 0 Å². The minimum absolute atomic E-state index is 0.110. The van der Waals surface area contributed by atoms with Crippen molar-refractivity contribution in [1.29, 1.82) is 0 Å². The monoisotopic (exact) mass is 513 g/mol. The van der Waals surface area contributed by atoms with E-state index in [9.17, 15) is 9.59 Å². The zero-order valence-corrected chi connectivity index (χ0v) is 22.8. The fourth-order valence-corrected chi connectivity index (χ4v) is 4.60. The maximum Gasteiger partial charge on any atom is 0.344 e. The van der Waals surface area contributed by atoms with E-state index in [1.807, 2.05) is 43.3 Å². The molecule has 0 bridgehead atoms. The average molecular weight is 514 g/mol. The Labute approximate surface area is 223 Å². The Balaban J connectivity index is 1.56. The van der Waals surface area contributed by atoms with Crippen molar-refractivity contribution in [3.8, 4) is 5.75 Å². The van der Waals surface area contributed by atoms with Gasteiger partial charge in [0.15, 0.2) is 6.10 Å². The molecule has 0 saturated heterocycles. The highest BCUT2D eigenvalue weighted by Gasteiger charge is 2.17. The number of nitrogens with zero attached hydrogens (tertiary/aromatic N) is 2. The van der Waals surface area contributed by atoms with E-state index in [-0.39, 0.29) is 11.9 Å². The Hall–Kier alpha value is -4.13. The number of rotatable bonds is 9. The van der Waals surface area contributed by atoms with E-state index in [4.69, 9.17) is 9.84 Å². The van der Waals surface area contributed by atoms with Crippen LogP contribution in [0.15, 0.2) is 60.9 Å². The highest BCUT2D eigenvalue weighted by Crippen LogP contribution is 2.28. The number of pyridine rings is 1. The Kier molecular flexibility index (Phi) is 7.86. The number of carboxylic acid groups (broad SMARTS) is 1. The van der Waals surface area contributed by atoms with Crippen molar-refractivity contribution < 1.29 is 19.4 Å². The fourth-order valence-electron chi connectivity index (χ4n) is 4.60. The Morgan fingerprint density at radius 3 is 2.45 bits per heavy atom. The number of hydrogen-bond donors (Lipinski definition) is 2. The molecule has 2 N–H and O–H groups in total. The van der Waals surface area contributed by atoms with Crippen LogP contribution in [-0.2, 0) is 11.3 Å². The topological polar surface area (TPSA) is 93.5 Å². The lowest BCUT2D eigenvalue weighted by molar-refractivity contribution is -0.144. The molecule has 38 heavy (non-hydrogen) atoms. The number of aryl methyl sites for hydroxylation is 1.